The Morgan fingerprint density at radius 1 is 1.00 bits per heavy atom. The molecule has 3 N–H and O–H groups in total. The number of aromatic amines is 1. The Kier molecular flexibility index (Phi) is 1.32. The Balaban J connectivity index is 2.41. The van der Waals surface area contributed by atoms with Crippen molar-refractivity contribution in [3.05, 3.63) is 24.8 Å². The van der Waals surface area contributed by atoms with Gasteiger partial charge in [-0.25, -0.2) is 19.9 Å². The molecule has 8 nitrogen and oxygen atoms in total. The summed E-state index contributed by atoms with van der Waals surface area (Å²) in [7, 11) is 0. The molecule has 0 aliphatic rings. The first-order valence-corrected chi connectivity index (χ1v) is 4.98. The number of aromatic nitrogens is 7. The standard InChI is InChI=1S/C9H6N8/c10-6-5-8(13-3-1-11-5)16-9-7(15-17(6)16)12-2-4-14-9/h1-4,10H,(H,12,15)/p+1. The summed E-state index contributed by atoms with van der Waals surface area (Å²) < 4.78 is 3.38. The second-order valence-electron chi connectivity index (χ2n) is 3.58. The normalized spacial score (nSPS) is 11.8. The largest absolute Gasteiger partial charge is 0.347 e. The summed E-state index contributed by atoms with van der Waals surface area (Å²) in [6, 6.07) is 0. The Bertz CT molecular complexity index is 857. The molecule has 0 aliphatic carbocycles. The monoisotopic (exact) mass is 227 g/mol. The van der Waals surface area contributed by atoms with Crippen molar-refractivity contribution in [2.45, 2.75) is 0 Å². The summed E-state index contributed by atoms with van der Waals surface area (Å²) >= 11 is 0. The highest BCUT2D eigenvalue weighted by Gasteiger charge is 2.22. The SMILES string of the molecule is Nc1c2nccnc2n2c3nccnc3[nH][n+]12. The summed E-state index contributed by atoms with van der Waals surface area (Å²) in [5.41, 5.74) is 8.58. The summed E-state index contributed by atoms with van der Waals surface area (Å²) in [5.74, 6) is 0.480. The molecule has 0 saturated heterocycles. The minimum atomic E-state index is 0.480. The lowest BCUT2D eigenvalue weighted by atomic mass is 10.5. The van der Waals surface area contributed by atoms with Crippen LogP contribution in [0, 0.1) is 0 Å². The Morgan fingerprint density at radius 2 is 1.71 bits per heavy atom. The molecule has 0 amide bonds. The Labute approximate surface area is 93.7 Å². The predicted molar refractivity (Wildman–Crippen MR) is 58.0 cm³/mol. The van der Waals surface area contributed by atoms with Gasteiger partial charge in [-0.1, -0.05) is 0 Å². The van der Waals surface area contributed by atoms with Crippen LogP contribution in [0.1, 0.15) is 0 Å². The lowest BCUT2D eigenvalue weighted by Crippen LogP contribution is -2.31. The first-order valence-electron chi connectivity index (χ1n) is 4.98. The molecule has 0 bridgehead atoms. The van der Waals surface area contributed by atoms with Crippen molar-refractivity contribution in [1.82, 2.24) is 29.5 Å². The highest BCUT2D eigenvalue weighted by atomic mass is 15.5. The zero-order chi connectivity index (χ0) is 11.4. The number of hydrogen-bond acceptors (Lipinski definition) is 5. The van der Waals surface area contributed by atoms with Crippen molar-refractivity contribution >= 4 is 28.3 Å². The van der Waals surface area contributed by atoms with Crippen molar-refractivity contribution in [3.63, 3.8) is 0 Å². The van der Waals surface area contributed by atoms with E-state index in [1.165, 1.54) is 0 Å². The second kappa shape index (κ2) is 2.67. The van der Waals surface area contributed by atoms with Gasteiger partial charge in [0, 0.05) is 24.8 Å². The van der Waals surface area contributed by atoms with Gasteiger partial charge >= 0.3 is 5.82 Å². The van der Waals surface area contributed by atoms with E-state index in [2.05, 4.69) is 25.0 Å². The van der Waals surface area contributed by atoms with Gasteiger partial charge in [-0.2, -0.15) is 5.10 Å². The van der Waals surface area contributed by atoms with Crippen molar-refractivity contribution in [3.8, 4) is 0 Å². The third-order valence-electron chi connectivity index (χ3n) is 2.64. The second-order valence-corrected chi connectivity index (χ2v) is 3.58. The highest BCUT2D eigenvalue weighted by molar-refractivity contribution is 5.82. The van der Waals surface area contributed by atoms with E-state index in [0.717, 1.165) is 0 Å². The van der Waals surface area contributed by atoms with Gasteiger partial charge in [0.05, 0.1) is 0 Å². The van der Waals surface area contributed by atoms with Crippen LogP contribution in [0.3, 0.4) is 0 Å². The lowest BCUT2D eigenvalue weighted by Gasteiger charge is -1.86. The van der Waals surface area contributed by atoms with Gasteiger partial charge in [-0.05, 0) is 4.63 Å². The third kappa shape index (κ3) is 0.893. The smallest absolute Gasteiger partial charge is 0.282 e. The van der Waals surface area contributed by atoms with Gasteiger partial charge in [-0.3, -0.25) is 5.73 Å². The molecule has 0 radical (unpaired) electrons. The van der Waals surface area contributed by atoms with Crippen LogP contribution in [0.25, 0.3) is 22.5 Å². The average molecular weight is 227 g/mol. The highest BCUT2D eigenvalue weighted by Crippen LogP contribution is 2.15. The van der Waals surface area contributed by atoms with E-state index in [9.17, 15) is 0 Å². The number of anilines is 1. The van der Waals surface area contributed by atoms with E-state index < -0.39 is 0 Å². The molecule has 0 spiro atoms. The predicted octanol–water partition coefficient (Wildman–Crippen LogP) is -0.679. The lowest BCUT2D eigenvalue weighted by molar-refractivity contribution is -0.653. The summed E-state index contributed by atoms with van der Waals surface area (Å²) in [4.78, 5) is 16.9. The van der Waals surface area contributed by atoms with Gasteiger partial charge in [0.2, 0.25) is 22.5 Å². The van der Waals surface area contributed by atoms with Crippen LogP contribution in [-0.4, -0.2) is 29.5 Å². The van der Waals surface area contributed by atoms with E-state index in [-0.39, 0.29) is 0 Å². The molecule has 17 heavy (non-hydrogen) atoms. The number of H-pyrrole nitrogens is 1. The van der Waals surface area contributed by atoms with Crippen LogP contribution in [0.2, 0.25) is 0 Å². The quantitative estimate of drug-likeness (QED) is 0.387. The van der Waals surface area contributed by atoms with Crippen LogP contribution >= 0.6 is 0 Å². The summed E-state index contributed by atoms with van der Waals surface area (Å²) in [6.45, 7) is 0. The van der Waals surface area contributed by atoms with Gasteiger partial charge in [0.25, 0.3) is 0 Å². The van der Waals surface area contributed by atoms with Crippen LogP contribution in [0.4, 0.5) is 5.82 Å². The number of nitrogen functional groups attached to an aromatic ring is 1. The average Bonchev–Trinajstić information content (AvgIpc) is 2.88. The zero-order valence-electron chi connectivity index (χ0n) is 8.57. The van der Waals surface area contributed by atoms with E-state index in [0.29, 0.717) is 28.3 Å². The van der Waals surface area contributed by atoms with E-state index in [1.807, 2.05) is 0 Å². The fourth-order valence-corrected chi connectivity index (χ4v) is 1.94. The Hall–Kier alpha value is -2.77. The molecule has 8 heteroatoms. The molecule has 0 aromatic carbocycles. The van der Waals surface area contributed by atoms with Crippen LogP contribution in [0.5, 0.6) is 0 Å². The van der Waals surface area contributed by atoms with Crippen molar-refractivity contribution in [1.29, 1.82) is 0 Å². The van der Waals surface area contributed by atoms with Crippen molar-refractivity contribution < 1.29 is 4.63 Å². The number of hydrogen-bond donors (Lipinski definition) is 2. The topological polar surface area (TPSA) is 102 Å². The molecule has 4 aromatic heterocycles. The molecule has 0 unspecified atom stereocenters. The van der Waals surface area contributed by atoms with E-state index in [4.69, 9.17) is 5.73 Å². The molecule has 0 saturated carbocycles. The van der Waals surface area contributed by atoms with Gasteiger partial charge in [0.1, 0.15) is 0 Å². The van der Waals surface area contributed by atoms with Crippen LogP contribution < -0.4 is 10.4 Å². The molecule has 4 rings (SSSR count). The van der Waals surface area contributed by atoms with E-state index in [1.54, 1.807) is 33.9 Å². The molecule has 0 aliphatic heterocycles. The first kappa shape index (κ1) is 8.39. The minimum Gasteiger partial charge on any atom is -0.282 e. The molecule has 4 heterocycles. The zero-order valence-corrected chi connectivity index (χ0v) is 8.57. The number of nitrogens with two attached hydrogens (primary N) is 1. The number of nitrogens with one attached hydrogen (secondary N) is 1. The maximum atomic E-state index is 5.99. The van der Waals surface area contributed by atoms with Crippen LogP contribution in [0.15, 0.2) is 24.8 Å². The molecule has 0 fully saturated rings. The fraction of sp³-hybridized carbons (Fsp3) is 0. The third-order valence-corrected chi connectivity index (χ3v) is 2.64. The number of rotatable bonds is 0. The Morgan fingerprint density at radius 3 is 2.59 bits per heavy atom. The van der Waals surface area contributed by atoms with Crippen LogP contribution in [-0.2, 0) is 0 Å². The minimum absolute atomic E-state index is 0.480. The molecule has 0 atom stereocenters. The molecule has 4 aromatic rings. The molecule has 82 valence electrons. The number of fused-ring (bicyclic) bond motifs is 5. The fourth-order valence-electron chi connectivity index (χ4n) is 1.94. The molecular formula is C9H7N8+. The van der Waals surface area contributed by atoms with Crippen molar-refractivity contribution in [2.24, 2.45) is 0 Å². The van der Waals surface area contributed by atoms with Gasteiger partial charge in [0.15, 0.2) is 0 Å². The maximum absolute atomic E-state index is 5.99. The summed E-state index contributed by atoms with van der Waals surface area (Å²) in [5, 5.41) is 3.04. The van der Waals surface area contributed by atoms with Crippen molar-refractivity contribution in [2.75, 3.05) is 5.73 Å². The van der Waals surface area contributed by atoms with Gasteiger partial charge in [-0.15, -0.1) is 4.52 Å². The maximum Gasteiger partial charge on any atom is 0.347 e. The van der Waals surface area contributed by atoms with Gasteiger partial charge < -0.3 is 0 Å². The first-order chi connectivity index (χ1) is 8.36. The van der Waals surface area contributed by atoms with E-state index >= 15 is 0 Å². The molecular weight excluding hydrogens is 220 g/mol. The number of nitrogens with zero attached hydrogens (tertiary/aromatic N) is 6. The summed E-state index contributed by atoms with van der Waals surface area (Å²) in [6.07, 6.45) is 6.45.